The Labute approximate surface area is 154 Å². The summed E-state index contributed by atoms with van der Waals surface area (Å²) in [7, 11) is -3.68. The Morgan fingerprint density at radius 1 is 0.808 bits per heavy atom. The van der Waals surface area contributed by atoms with Crippen LogP contribution in [0.15, 0.2) is 65.7 Å². The maximum Gasteiger partial charge on any atom is 0.263 e. The average molecular weight is 367 g/mol. The van der Waals surface area contributed by atoms with Gasteiger partial charge in [-0.05, 0) is 62.2 Å². The van der Waals surface area contributed by atoms with Gasteiger partial charge in [0.05, 0.1) is 16.8 Å². The van der Waals surface area contributed by atoms with Gasteiger partial charge in [0.2, 0.25) is 0 Å². The fourth-order valence-corrected chi connectivity index (χ4v) is 3.86. The first kappa shape index (κ1) is 17.9. The Morgan fingerprint density at radius 2 is 1.46 bits per heavy atom. The molecular weight excluding hydrogens is 346 g/mol. The molecule has 2 N–H and O–H groups in total. The molecule has 0 fully saturated rings. The van der Waals surface area contributed by atoms with Crippen molar-refractivity contribution in [1.82, 2.24) is 4.98 Å². The molecule has 2 aromatic carbocycles. The molecule has 0 spiro atoms. The van der Waals surface area contributed by atoms with Crippen LogP contribution >= 0.6 is 0 Å². The molecule has 0 aliphatic rings. The molecule has 3 rings (SSSR count). The van der Waals surface area contributed by atoms with Crippen LogP contribution in [0.4, 0.5) is 17.2 Å². The second-order valence-corrected chi connectivity index (χ2v) is 7.95. The van der Waals surface area contributed by atoms with Gasteiger partial charge in [-0.25, -0.2) is 13.4 Å². The number of aryl methyl sites for hydroxylation is 3. The SMILES string of the molecule is Cc1ccc(Nc2ccc(NS(=O)(=O)c3cc(C)ccc3C)nc2)cc1. The van der Waals surface area contributed by atoms with E-state index in [1.807, 2.05) is 44.2 Å². The highest BCUT2D eigenvalue weighted by Gasteiger charge is 2.17. The Morgan fingerprint density at radius 3 is 2.12 bits per heavy atom. The number of rotatable bonds is 5. The lowest BCUT2D eigenvalue weighted by molar-refractivity contribution is 0.600. The van der Waals surface area contributed by atoms with Crippen molar-refractivity contribution in [2.75, 3.05) is 10.0 Å². The van der Waals surface area contributed by atoms with Crippen LogP contribution in [0.2, 0.25) is 0 Å². The Bertz CT molecular complexity index is 1010. The average Bonchev–Trinajstić information content (AvgIpc) is 2.60. The van der Waals surface area contributed by atoms with Crippen LogP contribution in [0.5, 0.6) is 0 Å². The van der Waals surface area contributed by atoms with E-state index in [0.29, 0.717) is 5.56 Å². The predicted octanol–water partition coefficient (Wildman–Crippen LogP) is 4.55. The summed E-state index contributed by atoms with van der Waals surface area (Å²) < 4.78 is 27.8. The number of nitrogens with zero attached hydrogens (tertiary/aromatic N) is 1. The summed E-state index contributed by atoms with van der Waals surface area (Å²) in [5.41, 5.74) is 4.50. The first-order chi connectivity index (χ1) is 12.3. The molecule has 0 atom stereocenters. The van der Waals surface area contributed by atoms with Gasteiger partial charge in [-0.2, -0.15) is 0 Å². The van der Waals surface area contributed by atoms with Crippen molar-refractivity contribution >= 4 is 27.2 Å². The molecule has 0 saturated carbocycles. The van der Waals surface area contributed by atoms with E-state index in [9.17, 15) is 8.42 Å². The van der Waals surface area contributed by atoms with Crippen LogP contribution in [-0.4, -0.2) is 13.4 Å². The van der Waals surface area contributed by atoms with Gasteiger partial charge in [0.25, 0.3) is 10.0 Å². The van der Waals surface area contributed by atoms with E-state index in [1.54, 1.807) is 37.4 Å². The number of hydrogen-bond donors (Lipinski definition) is 2. The van der Waals surface area contributed by atoms with Gasteiger partial charge in [0.1, 0.15) is 5.82 Å². The molecule has 26 heavy (non-hydrogen) atoms. The quantitative estimate of drug-likeness (QED) is 0.694. The molecule has 0 unspecified atom stereocenters. The molecule has 6 heteroatoms. The van der Waals surface area contributed by atoms with E-state index in [2.05, 4.69) is 15.0 Å². The van der Waals surface area contributed by atoms with Gasteiger partial charge in [0, 0.05) is 5.69 Å². The molecule has 0 saturated heterocycles. The lowest BCUT2D eigenvalue weighted by Crippen LogP contribution is -2.15. The van der Waals surface area contributed by atoms with Gasteiger partial charge < -0.3 is 5.32 Å². The third-order valence-electron chi connectivity index (χ3n) is 3.98. The minimum Gasteiger partial charge on any atom is -0.354 e. The third-order valence-corrected chi connectivity index (χ3v) is 5.47. The largest absolute Gasteiger partial charge is 0.354 e. The molecule has 1 aromatic heterocycles. The minimum absolute atomic E-state index is 0.265. The number of benzene rings is 2. The van der Waals surface area contributed by atoms with Crippen LogP contribution in [0, 0.1) is 20.8 Å². The van der Waals surface area contributed by atoms with Crippen molar-refractivity contribution in [3.8, 4) is 0 Å². The van der Waals surface area contributed by atoms with Gasteiger partial charge in [0.15, 0.2) is 0 Å². The summed E-state index contributed by atoms with van der Waals surface area (Å²) in [6.07, 6.45) is 1.60. The number of sulfonamides is 1. The van der Waals surface area contributed by atoms with Gasteiger partial charge in [-0.15, -0.1) is 0 Å². The molecule has 0 aliphatic heterocycles. The number of hydrogen-bond acceptors (Lipinski definition) is 4. The first-order valence-corrected chi connectivity index (χ1v) is 9.72. The highest BCUT2D eigenvalue weighted by atomic mass is 32.2. The fraction of sp³-hybridized carbons (Fsp3) is 0.150. The minimum atomic E-state index is -3.68. The monoisotopic (exact) mass is 367 g/mol. The molecule has 5 nitrogen and oxygen atoms in total. The lowest BCUT2D eigenvalue weighted by atomic mass is 10.2. The summed E-state index contributed by atoms with van der Waals surface area (Å²) in [5.74, 6) is 0.278. The smallest absolute Gasteiger partial charge is 0.263 e. The fourth-order valence-electron chi connectivity index (χ4n) is 2.52. The Kier molecular flexibility index (Phi) is 4.95. The van der Waals surface area contributed by atoms with Crippen LogP contribution in [0.3, 0.4) is 0 Å². The Hall–Kier alpha value is -2.86. The van der Waals surface area contributed by atoms with Gasteiger partial charge >= 0.3 is 0 Å². The Balaban J connectivity index is 1.76. The van der Waals surface area contributed by atoms with E-state index in [0.717, 1.165) is 16.9 Å². The van der Waals surface area contributed by atoms with Crippen molar-refractivity contribution in [2.45, 2.75) is 25.7 Å². The number of aromatic nitrogens is 1. The van der Waals surface area contributed by atoms with Crippen molar-refractivity contribution in [2.24, 2.45) is 0 Å². The highest BCUT2D eigenvalue weighted by molar-refractivity contribution is 7.92. The van der Waals surface area contributed by atoms with Crippen molar-refractivity contribution in [3.63, 3.8) is 0 Å². The van der Waals surface area contributed by atoms with Crippen LogP contribution in [0.1, 0.15) is 16.7 Å². The van der Waals surface area contributed by atoms with Gasteiger partial charge in [-0.1, -0.05) is 29.8 Å². The van der Waals surface area contributed by atoms with Gasteiger partial charge in [-0.3, -0.25) is 4.72 Å². The number of nitrogens with one attached hydrogen (secondary N) is 2. The van der Waals surface area contributed by atoms with Crippen molar-refractivity contribution in [1.29, 1.82) is 0 Å². The van der Waals surface area contributed by atoms with Crippen molar-refractivity contribution < 1.29 is 8.42 Å². The maximum atomic E-state index is 12.6. The second kappa shape index (κ2) is 7.17. The zero-order valence-electron chi connectivity index (χ0n) is 14.9. The van der Waals surface area contributed by atoms with E-state index in [-0.39, 0.29) is 10.7 Å². The van der Waals surface area contributed by atoms with Crippen LogP contribution < -0.4 is 10.0 Å². The molecule has 0 amide bonds. The van der Waals surface area contributed by atoms with E-state index < -0.39 is 10.0 Å². The van der Waals surface area contributed by atoms with Crippen LogP contribution in [0.25, 0.3) is 0 Å². The second-order valence-electron chi connectivity index (χ2n) is 6.30. The molecule has 0 bridgehead atoms. The summed E-state index contributed by atoms with van der Waals surface area (Å²) in [5, 5.41) is 3.23. The van der Waals surface area contributed by atoms with Crippen LogP contribution in [-0.2, 0) is 10.0 Å². The standard InChI is InChI=1S/C20H21N3O2S/c1-14-5-8-17(9-6-14)22-18-10-11-20(21-13-18)23-26(24,25)19-12-15(2)4-7-16(19)3/h4-13,22H,1-3H3,(H,21,23). The van der Waals surface area contributed by atoms with Crippen molar-refractivity contribution in [3.05, 3.63) is 77.5 Å². The molecule has 0 aliphatic carbocycles. The maximum absolute atomic E-state index is 12.6. The zero-order chi connectivity index (χ0) is 18.7. The van der Waals surface area contributed by atoms with E-state index in [1.165, 1.54) is 5.56 Å². The normalized spacial score (nSPS) is 11.2. The molecule has 1 heterocycles. The summed E-state index contributed by atoms with van der Waals surface area (Å²) >= 11 is 0. The lowest BCUT2D eigenvalue weighted by Gasteiger charge is -2.11. The molecular formula is C20H21N3O2S. The highest BCUT2D eigenvalue weighted by Crippen LogP contribution is 2.21. The number of pyridine rings is 1. The molecule has 3 aromatic rings. The number of anilines is 3. The molecule has 134 valence electrons. The molecule has 0 radical (unpaired) electrons. The van der Waals surface area contributed by atoms with E-state index >= 15 is 0 Å². The predicted molar refractivity (Wildman–Crippen MR) is 105 cm³/mol. The topological polar surface area (TPSA) is 71.1 Å². The van der Waals surface area contributed by atoms with E-state index in [4.69, 9.17) is 0 Å². The third kappa shape index (κ3) is 4.21. The summed E-state index contributed by atoms with van der Waals surface area (Å²) in [4.78, 5) is 4.47. The first-order valence-electron chi connectivity index (χ1n) is 8.23. The summed E-state index contributed by atoms with van der Waals surface area (Å²) in [6, 6.07) is 16.8. The zero-order valence-corrected chi connectivity index (χ0v) is 15.8. The summed E-state index contributed by atoms with van der Waals surface area (Å²) in [6.45, 7) is 5.67.